The average molecular weight is 322 g/mol. The molecular weight excluding hydrogens is 313 g/mol. The molecular formula is C15H9F3N2OS. The summed E-state index contributed by atoms with van der Waals surface area (Å²) in [5.74, 6) is 0.121. The number of nitrogens with one attached hydrogen (secondary N) is 1. The molecule has 0 fully saturated rings. The number of aromatic amines is 1. The minimum Gasteiger partial charge on any atom is -0.306 e. The van der Waals surface area contributed by atoms with Crippen LogP contribution in [0.25, 0.3) is 22.3 Å². The fourth-order valence-corrected chi connectivity index (χ4v) is 2.76. The Kier molecular flexibility index (Phi) is 3.66. The van der Waals surface area contributed by atoms with Crippen LogP contribution in [0.15, 0.2) is 58.2 Å². The van der Waals surface area contributed by atoms with Crippen LogP contribution in [0.1, 0.15) is 0 Å². The third kappa shape index (κ3) is 2.99. The molecule has 1 aromatic heterocycles. The number of aromatic nitrogens is 2. The second-order valence-corrected chi connectivity index (χ2v) is 5.58. The number of fused-ring (bicyclic) bond motifs is 1. The van der Waals surface area contributed by atoms with Gasteiger partial charge in [0.1, 0.15) is 5.82 Å². The molecule has 0 bridgehead atoms. The van der Waals surface area contributed by atoms with Crippen molar-refractivity contribution in [2.24, 2.45) is 0 Å². The van der Waals surface area contributed by atoms with Crippen molar-refractivity contribution in [3.8, 4) is 11.4 Å². The normalized spacial score (nSPS) is 11.8. The SMILES string of the molecule is O=c1[nH]c(-c2ccccc2SC(F)(F)F)nc2ccccc12. The third-order valence-corrected chi connectivity index (χ3v) is 3.79. The van der Waals surface area contributed by atoms with E-state index in [2.05, 4.69) is 9.97 Å². The highest BCUT2D eigenvalue weighted by molar-refractivity contribution is 8.00. The Labute approximate surface area is 127 Å². The Morgan fingerprint density at radius 1 is 1.00 bits per heavy atom. The maximum Gasteiger partial charge on any atom is 0.446 e. The van der Waals surface area contributed by atoms with Gasteiger partial charge in [0.05, 0.1) is 10.9 Å². The molecule has 0 unspecified atom stereocenters. The second kappa shape index (κ2) is 5.49. The van der Waals surface area contributed by atoms with E-state index < -0.39 is 5.51 Å². The van der Waals surface area contributed by atoms with Gasteiger partial charge in [0.15, 0.2) is 0 Å². The number of alkyl halides is 3. The Bertz CT molecular complexity index is 890. The van der Waals surface area contributed by atoms with Crippen LogP contribution in [0, 0.1) is 0 Å². The number of halogens is 3. The summed E-state index contributed by atoms with van der Waals surface area (Å²) in [5.41, 5.74) is -4.11. The van der Waals surface area contributed by atoms with Gasteiger partial charge in [0.25, 0.3) is 5.56 Å². The van der Waals surface area contributed by atoms with E-state index in [4.69, 9.17) is 0 Å². The lowest BCUT2D eigenvalue weighted by atomic mass is 10.2. The number of hydrogen-bond donors (Lipinski definition) is 1. The largest absolute Gasteiger partial charge is 0.446 e. The van der Waals surface area contributed by atoms with Crippen molar-refractivity contribution in [1.82, 2.24) is 9.97 Å². The van der Waals surface area contributed by atoms with Crippen molar-refractivity contribution >= 4 is 22.7 Å². The van der Waals surface area contributed by atoms with Gasteiger partial charge in [-0.2, -0.15) is 13.2 Å². The summed E-state index contributed by atoms with van der Waals surface area (Å²) in [6.07, 6.45) is 0. The molecule has 0 radical (unpaired) electrons. The Balaban J connectivity index is 2.18. The first-order chi connectivity index (χ1) is 10.4. The lowest BCUT2D eigenvalue weighted by Gasteiger charge is -2.10. The summed E-state index contributed by atoms with van der Waals surface area (Å²) in [5, 5.41) is 0.396. The summed E-state index contributed by atoms with van der Waals surface area (Å²) in [6.45, 7) is 0. The van der Waals surface area contributed by atoms with Gasteiger partial charge in [-0.05, 0) is 30.0 Å². The third-order valence-electron chi connectivity index (χ3n) is 2.98. The number of thioether (sulfide) groups is 1. The highest BCUT2D eigenvalue weighted by atomic mass is 32.2. The molecule has 3 aromatic rings. The van der Waals surface area contributed by atoms with Crippen LogP contribution in [0.4, 0.5) is 13.2 Å². The quantitative estimate of drug-likeness (QED) is 0.719. The molecule has 0 atom stereocenters. The molecule has 1 heterocycles. The van der Waals surface area contributed by atoms with E-state index in [1.807, 2.05) is 0 Å². The minimum atomic E-state index is -4.41. The van der Waals surface area contributed by atoms with Gasteiger partial charge < -0.3 is 4.98 Å². The predicted molar refractivity (Wildman–Crippen MR) is 79.7 cm³/mol. The van der Waals surface area contributed by atoms with E-state index in [-0.39, 0.29) is 33.6 Å². The number of nitrogens with zero attached hydrogens (tertiary/aromatic N) is 1. The zero-order chi connectivity index (χ0) is 15.7. The Hall–Kier alpha value is -2.28. The fraction of sp³-hybridized carbons (Fsp3) is 0.0667. The van der Waals surface area contributed by atoms with E-state index in [9.17, 15) is 18.0 Å². The van der Waals surface area contributed by atoms with E-state index in [0.29, 0.717) is 10.9 Å². The summed E-state index contributed by atoms with van der Waals surface area (Å²) in [7, 11) is 0. The number of rotatable bonds is 2. The first kappa shape index (κ1) is 14.6. The van der Waals surface area contributed by atoms with Crippen LogP contribution in [0.3, 0.4) is 0 Å². The molecule has 1 N–H and O–H groups in total. The van der Waals surface area contributed by atoms with Gasteiger partial charge in [0, 0.05) is 10.5 Å². The zero-order valence-electron chi connectivity index (χ0n) is 11.0. The molecule has 0 aliphatic rings. The Morgan fingerprint density at radius 3 is 2.45 bits per heavy atom. The van der Waals surface area contributed by atoms with E-state index in [1.54, 1.807) is 30.3 Å². The molecule has 2 aromatic carbocycles. The van der Waals surface area contributed by atoms with E-state index in [1.165, 1.54) is 18.2 Å². The van der Waals surface area contributed by atoms with Crippen LogP contribution >= 0.6 is 11.8 Å². The lowest BCUT2D eigenvalue weighted by molar-refractivity contribution is -0.0327. The van der Waals surface area contributed by atoms with Crippen molar-refractivity contribution in [3.05, 3.63) is 58.9 Å². The van der Waals surface area contributed by atoms with Crippen LogP contribution in [-0.2, 0) is 0 Å². The molecule has 0 aliphatic carbocycles. The standard InChI is InChI=1S/C15H9F3N2OS/c16-15(17,18)22-12-8-4-2-6-10(12)13-19-11-7-3-1-5-9(11)14(21)20-13/h1-8H,(H,19,20,21). The Morgan fingerprint density at radius 2 is 1.68 bits per heavy atom. The van der Waals surface area contributed by atoms with Gasteiger partial charge in [-0.3, -0.25) is 4.79 Å². The molecule has 7 heteroatoms. The summed E-state index contributed by atoms with van der Waals surface area (Å²) < 4.78 is 37.9. The van der Waals surface area contributed by atoms with Crippen molar-refractivity contribution in [2.75, 3.05) is 0 Å². The molecule has 22 heavy (non-hydrogen) atoms. The monoisotopic (exact) mass is 322 g/mol. The number of para-hydroxylation sites is 1. The van der Waals surface area contributed by atoms with Crippen LogP contribution in [-0.4, -0.2) is 15.5 Å². The van der Waals surface area contributed by atoms with Gasteiger partial charge >= 0.3 is 5.51 Å². The highest BCUT2D eigenvalue weighted by Crippen LogP contribution is 2.40. The molecule has 0 saturated heterocycles. The average Bonchev–Trinajstić information content (AvgIpc) is 2.46. The predicted octanol–water partition coefficient (Wildman–Crippen LogP) is 4.20. The first-order valence-electron chi connectivity index (χ1n) is 6.28. The van der Waals surface area contributed by atoms with Gasteiger partial charge in [-0.25, -0.2) is 4.98 Å². The molecule has 0 amide bonds. The van der Waals surface area contributed by atoms with Gasteiger partial charge in [-0.15, -0.1) is 0 Å². The second-order valence-electron chi connectivity index (χ2n) is 4.48. The smallest absolute Gasteiger partial charge is 0.306 e. The maximum absolute atomic E-state index is 12.6. The molecule has 3 rings (SSSR count). The number of H-pyrrole nitrogens is 1. The van der Waals surface area contributed by atoms with E-state index >= 15 is 0 Å². The summed E-state index contributed by atoms with van der Waals surface area (Å²) in [6, 6.07) is 12.6. The van der Waals surface area contributed by atoms with Gasteiger partial charge in [0.2, 0.25) is 0 Å². The van der Waals surface area contributed by atoms with Crippen molar-refractivity contribution in [2.45, 2.75) is 10.4 Å². The van der Waals surface area contributed by atoms with Crippen LogP contribution < -0.4 is 5.56 Å². The first-order valence-corrected chi connectivity index (χ1v) is 7.10. The molecule has 112 valence electrons. The van der Waals surface area contributed by atoms with Crippen molar-refractivity contribution in [3.63, 3.8) is 0 Å². The van der Waals surface area contributed by atoms with Gasteiger partial charge in [-0.1, -0.05) is 30.3 Å². The minimum absolute atomic E-state index is 0.00608. The molecule has 0 spiro atoms. The summed E-state index contributed by atoms with van der Waals surface area (Å²) >= 11 is -0.229. The van der Waals surface area contributed by atoms with E-state index in [0.717, 1.165) is 0 Å². The van der Waals surface area contributed by atoms with Crippen LogP contribution in [0.5, 0.6) is 0 Å². The molecule has 0 saturated carbocycles. The molecule has 3 nitrogen and oxygen atoms in total. The fourth-order valence-electron chi connectivity index (χ4n) is 2.09. The summed E-state index contributed by atoms with van der Waals surface area (Å²) in [4.78, 5) is 18.8. The van der Waals surface area contributed by atoms with Crippen molar-refractivity contribution in [1.29, 1.82) is 0 Å². The van der Waals surface area contributed by atoms with Crippen LogP contribution in [0.2, 0.25) is 0 Å². The van der Waals surface area contributed by atoms with Crippen molar-refractivity contribution < 1.29 is 13.2 Å². The number of benzene rings is 2. The topological polar surface area (TPSA) is 45.8 Å². The highest BCUT2D eigenvalue weighted by Gasteiger charge is 2.30. The molecule has 0 aliphatic heterocycles. The lowest BCUT2D eigenvalue weighted by Crippen LogP contribution is -2.10. The maximum atomic E-state index is 12.6. The number of hydrogen-bond acceptors (Lipinski definition) is 3. The zero-order valence-corrected chi connectivity index (χ0v) is 11.8.